The molecule has 1 heterocycles. The molecule has 0 aliphatic heterocycles. The van der Waals surface area contributed by atoms with Crippen molar-refractivity contribution in [3.05, 3.63) is 41.2 Å². The Balaban J connectivity index is 2.17. The van der Waals surface area contributed by atoms with Crippen LogP contribution in [0.3, 0.4) is 0 Å². The third-order valence-corrected chi connectivity index (χ3v) is 3.31. The molecule has 1 aliphatic rings. The van der Waals surface area contributed by atoms with Crippen LogP contribution in [0.1, 0.15) is 40.5 Å². The molecule has 3 rings (SSSR count). The largest absolute Gasteiger partial charge is 0.506 e. The predicted molar refractivity (Wildman–Crippen MR) is 68.9 cm³/mol. The Morgan fingerprint density at radius 1 is 1.37 bits per heavy atom. The number of carboxylic acids is 1. The van der Waals surface area contributed by atoms with Gasteiger partial charge in [-0.25, -0.2) is 9.48 Å². The SMILES string of the molecule is Cc1ccc(O)c(-n2nc(C(=O)O)cc2C2CC2)c1. The van der Waals surface area contributed by atoms with Crippen molar-refractivity contribution in [2.24, 2.45) is 0 Å². The number of hydrogen-bond acceptors (Lipinski definition) is 3. The molecule has 2 aromatic rings. The molecule has 1 aromatic heterocycles. The molecular weight excluding hydrogens is 244 g/mol. The number of phenols is 1. The number of rotatable bonds is 3. The molecular formula is C14H14N2O3. The average molecular weight is 258 g/mol. The molecule has 0 unspecified atom stereocenters. The Hall–Kier alpha value is -2.30. The highest BCUT2D eigenvalue weighted by Gasteiger charge is 2.30. The number of phenolic OH excluding ortho intramolecular Hbond substituents is 1. The first kappa shape index (κ1) is 11.8. The lowest BCUT2D eigenvalue weighted by Gasteiger charge is -2.09. The minimum absolute atomic E-state index is 0.0165. The molecule has 0 radical (unpaired) electrons. The van der Waals surface area contributed by atoms with Gasteiger partial charge in [0.25, 0.3) is 0 Å². The minimum atomic E-state index is -1.05. The van der Waals surface area contributed by atoms with E-state index in [0.29, 0.717) is 11.6 Å². The van der Waals surface area contributed by atoms with Crippen molar-refractivity contribution >= 4 is 5.97 Å². The van der Waals surface area contributed by atoms with Gasteiger partial charge in [0.2, 0.25) is 0 Å². The van der Waals surface area contributed by atoms with E-state index in [1.807, 2.05) is 6.92 Å². The molecule has 5 heteroatoms. The van der Waals surface area contributed by atoms with Gasteiger partial charge in [-0.1, -0.05) is 6.07 Å². The molecule has 1 aromatic carbocycles. The molecule has 0 spiro atoms. The number of aryl methyl sites for hydroxylation is 1. The molecule has 0 saturated heterocycles. The summed E-state index contributed by atoms with van der Waals surface area (Å²) in [6.45, 7) is 1.92. The lowest BCUT2D eigenvalue weighted by atomic mass is 10.2. The van der Waals surface area contributed by atoms with Gasteiger partial charge in [0, 0.05) is 11.6 Å². The first-order valence-electron chi connectivity index (χ1n) is 6.19. The summed E-state index contributed by atoms with van der Waals surface area (Å²) in [4.78, 5) is 11.1. The molecule has 0 bridgehead atoms. The van der Waals surface area contributed by atoms with Crippen molar-refractivity contribution in [1.29, 1.82) is 0 Å². The summed E-state index contributed by atoms with van der Waals surface area (Å²) < 4.78 is 1.56. The van der Waals surface area contributed by atoms with Gasteiger partial charge in [-0.3, -0.25) is 0 Å². The summed E-state index contributed by atoms with van der Waals surface area (Å²) in [6.07, 6.45) is 2.08. The van der Waals surface area contributed by atoms with Gasteiger partial charge < -0.3 is 10.2 Å². The van der Waals surface area contributed by atoms with Crippen LogP contribution in [0.25, 0.3) is 5.69 Å². The maximum atomic E-state index is 11.1. The zero-order valence-corrected chi connectivity index (χ0v) is 10.5. The van der Waals surface area contributed by atoms with Crippen LogP contribution < -0.4 is 0 Å². The van der Waals surface area contributed by atoms with Gasteiger partial charge >= 0.3 is 5.97 Å². The van der Waals surface area contributed by atoms with Crippen molar-refractivity contribution in [2.45, 2.75) is 25.7 Å². The fourth-order valence-corrected chi connectivity index (χ4v) is 2.17. The highest BCUT2D eigenvalue weighted by Crippen LogP contribution is 2.41. The molecule has 1 fully saturated rings. The van der Waals surface area contributed by atoms with Gasteiger partial charge in [-0.05, 0) is 43.5 Å². The maximum absolute atomic E-state index is 11.1. The van der Waals surface area contributed by atoms with E-state index in [-0.39, 0.29) is 11.4 Å². The van der Waals surface area contributed by atoms with Crippen LogP contribution in [-0.4, -0.2) is 26.0 Å². The number of hydrogen-bond donors (Lipinski definition) is 2. The van der Waals surface area contributed by atoms with Crippen LogP contribution >= 0.6 is 0 Å². The fraction of sp³-hybridized carbons (Fsp3) is 0.286. The normalized spacial score (nSPS) is 14.6. The van der Waals surface area contributed by atoms with Crippen molar-refractivity contribution in [3.8, 4) is 11.4 Å². The average Bonchev–Trinajstić information content (AvgIpc) is 3.11. The Bertz CT molecular complexity index is 657. The predicted octanol–water partition coefficient (Wildman–Crippen LogP) is 2.46. The first-order valence-corrected chi connectivity index (χ1v) is 6.19. The van der Waals surface area contributed by atoms with E-state index in [0.717, 1.165) is 24.1 Å². The molecule has 2 N–H and O–H groups in total. The number of aromatic hydroxyl groups is 1. The van der Waals surface area contributed by atoms with Crippen LogP contribution in [0.2, 0.25) is 0 Å². The Morgan fingerprint density at radius 2 is 2.11 bits per heavy atom. The Morgan fingerprint density at radius 3 is 2.74 bits per heavy atom. The standard InChI is InChI=1S/C14H14N2O3/c1-8-2-5-13(17)12(6-8)16-11(9-3-4-9)7-10(15-16)14(18)19/h2,5-7,9,17H,3-4H2,1H3,(H,18,19). The molecule has 98 valence electrons. The van der Waals surface area contributed by atoms with E-state index in [4.69, 9.17) is 5.11 Å². The molecule has 1 aliphatic carbocycles. The smallest absolute Gasteiger partial charge is 0.356 e. The molecule has 0 amide bonds. The highest BCUT2D eigenvalue weighted by molar-refractivity contribution is 5.85. The van der Waals surface area contributed by atoms with Crippen LogP contribution in [0.15, 0.2) is 24.3 Å². The number of nitrogens with zero attached hydrogens (tertiary/aromatic N) is 2. The monoisotopic (exact) mass is 258 g/mol. The van der Waals surface area contributed by atoms with Gasteiger partial charge in [0.15, 0.2) is 5.69 Å². The summed E-state index contributed by atoms with van der Waals surface area (Å²) in [5, 5.41) is 23.1. The van der Waals surface area contributed by atoms with Crippen molar-refractivity contribution < 1.29 is 15.0 Å². The van der Waals surface area contributed by atoms with Gasteiger partial charge in [-0.15, -0.1) is 0 Å². The van der Waals surface area contributed by atoms with Gasteiger partial charge in [-0.2, -0.15) is 5.10 Å². The lowest BCUT2D eigenvalue weighted by Crippen LogP contribution is -2.04. The van der Waals surface area contributed by atoms with E-state index in [1.54, 1.807) is 28.9 Å². The molecule has 0 atom stereocenters. The molecule has 19 heavy (non-hydrogen) atoms. The summed E-state index contributed by atoms with van der Waals surface area (Å²) in [5.74, 6) is -0.596. The second-order valence-electron chi connectivity index (χ2n) is 4.94. The van der Waals surface area contributed by atoms with E-state index < -0.39 is 5.97 Å². The van der Waals surface area contributed by atoms with Crippen LogP contribution in [-0.2, 0) is 0 Å². The molecule has 5 nitrogen and oxygen atoms in total. The van der Waals surface area contributed by atoms with E-state index >= 15 is 0 Å². The fourth-order valence-electron chi connectivity index (χ4n) is 2.17. The summed E-state index contributed by atoms with van der Waals surface area (Å²) in [5.41, 5.74) is 2.40. The van der Waals surface area contributed by atoms with E-state index in [1.165, 1.54) is 0 Å². The zero-order chi connectivity index (χ0) is 13.6. The third kappa shape index (κ3) is 2.07. The lowest BCUT2D eigenvalue weighted by molar-refractivity contribution is 0.0690. The van der Waals surface area contributed by atoms with Crippen molar-refractivity contribution in [3.63, 3.8) is 0 Å². The Kier molecular flexibility index (Phi) is 2.55. The van der Waals surface area contributed by atoms with Gasteiger partial charge in [0.05, 0.1) is 0 Å². The second-order valence-corrected chi connectivity index (χ2v) is 4.94. The van der Waals surface area contributed by atoms with Crippen LogP contribution in [0.4, 0.5) is 0 Å². The maximum Gasteiger partial charge on any atom is 0.356 e. The first-order chi connectivity index (χ1) is 9.06. The number of carboxylic acid groups (broad SMARTS) is 1. The second kappa shape index (κ2) is 4.12. The summed E-state index contributed by atoms with van der Waals surface area (Å²) in [6, 6.07) is 6.81. The number of benzene rings is 1. The van der Waals surface area contributed by atoms with Crippen LogP contribution in [0.5, 0.6) is 5.75 Å². The van der Waals surface area contributed by atoms with Crippen molar-refractivity contribution in [1.82, 2.24) is 9.78 Å². The Labute approximate surface area is 110 Å². The highest BCUT2D eigenvalue weighted by atomic mass is 16.4. The topological polar surface area (TPSA) is 75.3 Å². The van der Waals surface area contributed by atoms with Crippen molar-refractivity contribution in [2.75, 3.05) is 0 Å². The van der Waals surface area contributed by atoms with Crippen LogP contribution in [0, 0.1) is 6.92 Å². The molecule has 1 saturated carbocycles. The van der Waals surface area contributed by atoms with E-state index in [9.17, 15) is 9.90 Å². The minimum Gasteiger partial charge on any atom is -0.506 e. The van der Waals surface area contributed by atoms with E-state index in [2.05, 4.69) is 5.10 Å². The summed E-state index contributed by atoms with van der Waals surface area (Å²) >= 11 is 0. The third-order valence-electron chi connectivity index (χ3n) is 3.31. The van der Waals surface area contributed by atoms with Gasteiger partial charge in [0.1, 0.15) is 11.4 Å². The zero-order valence-electron chi connectivity index (χ0n) is 10.5. The quantitative estimate of drug-likeness (QED) is 0.886. The summed E-state index contributed by atoms with van der Waals surface area (Å²) in [7, 11) is 0. The number of aromatic carboxylic acids is 1. The number of aromatic nitrogens is 2. The number of carbonyl (C=O) groups is 1.